The smallest absolute Gasteiger partial charge is 0.338 e. The maximum absolute atomic E-state index is 12.9. The SMILES string of the molecule is CCOC(=O)c1cccc(N(CC(=O)c2cc(C)n(CC)c2C)S(C)(=O)=O)c1. The van der Waals surface area contributed by atoms with E-state index in [4.69, 9.17) is 4.74 Å². The molecule has 28 heavy (non-hydrogen) atoms. The zero-order chi connectivity index (χ0) is 21.1. The van der Waals surface area contributed by atoms with Gasteiger partial charge in [0.05, 0.1) is 30.7 Å². The summed E-state index contributed by atoms with van der Waals surface area (Å²) in [5, 5.41) is 0. The molecule has 1 heterocycles. The number of anilines is 1. The van der Waals surface area contributed by atoms with Crippen molar-refractivity contribution in [1.82, 2.24) is 4.57 Å². The van der Waals surface area contributed by atoms with E-state index in [0.29, 0.717) is 5.56 Å². The highest BCUT2D eigenvalue weighted by Gasteiger charge is 2.24. The van der Waals surface area contributed by atoms with E-state index in [9.17, 15) is 18.0 Å². The molecule has 0 radical (unpaired) electrons. The Balaban J connectivity index is 2.40. The molecule has 0 unspecified atom stereocenters. The number of carbonyl (C=O) groups excluding carboxylic acids is 2. The molecule has 0 saturated heterocycles. The Morgan fingerprint density at radius 1 is 1.14 bits per heavy atom. The molecule has 0 amide bonds. The number of carbonyl (C=O) groups is 2. The lowest BCUT2D eigenvalue weighted by Gasteiger charge is -2.22. The van der Waals surface area contributed by atoms with Gasteiger partial charge in [0, 0.05) is 23.5 Å². The molecule has 0 aliphatic rings. The van der Waals surface area contributed by atoms with Crippen molar-refractivity contribution in [1.29, 1.82) is 0 Å². The summed E-state index contributed by atoms with van der Waals surface area (Å²) >= 11 is 0. The van der Waals surface area contributed by atoms with Gasteiger partial charge in [0.25, 0.3) is 0 Å². The van der Waals surface area contributed by atoms with Gasteiger partial charge in [0.1, 0.15) is 0 Å². The van der Waals surface area contributed by atoms with Crippen LogP contribution in [0.5, 0.6) is 0 Å². The number of Topliss-reactive ketones (excluding diaryl/α,β-unsaturated/α-hetero) is 1. The first-order valence-electron chi connectivity index (χ1n) is 9.04. The molecule has 2 aromatic rings. The van der Waals surface area contributed by atoms with Crippen molar-refractivity contribution < 1.29 is 22.7 Å². The molecule has 0 bridgehead atoms. The van der Waals surface area contributed by atoms with E-state index in [1.54, 1.807) is 31.2 Å². The molecule has 0 aliphatic heterocycles. The van der Waals surface area contributed by atoms with E-state index in [0.717, 1.165) is 28.5 Å². The largest absolute Gasteiger partial charge is 0.462 e. The van der Waals surface area contributed by atoms with Gasteiger partial charge in [-0.1, -0.05) is 6.07 Å². The van der Waals surface area contributed by atoms with E-state index < -0.39 is 16.0 Å². The Bertz CT molecular complexity index is 992. The predicted octanol–water partition coefficient (Wildman–Crippen LogP) is 2.95. The van der Waals surface area contributed by atoms with Crippen LogP contribution in [0.1, 0.15) is 46.0 Å². The number of sulfonamides is 1. The second-order valence-corrected chi connectivity index (χ2v) is 8.40. The fourth-order valence-corrected chi connectivity index (χ4v) is 4.04. The summed E-state index contributed by atoms with van der Waals surface area (Å²) in [6, 6.07) is 7.84. The van der Waals surface area contributed by atoms with E-state index in [2.05, 4.69) is 0 Å². The summed E-state index contributed by atoms with van der Waals surface area (Å²) in [7, 11) is -3.74. The Kier molecular flexibility index (Phi) is 6.66. The molecule has 0 aliphatic carbocycles. The molecular formula is C20H26N2O5S. The van der Waals surface area contributed by atoms with Crippen molar-refractivity contribution >= 4 is 27.5 Å². The lowest BCUT2D eigenvalue weighted by Crippen LogP contribution is -2.35. The Hall–Kier alpha value is -2.61. The van der Waals surface area contributed by atoms with Crippen molar-refractivity contribution in [2.45, 2.75) is 34.2 Å². The molecule has 0 saturated carbocycles. The molecule has 1 aromatic carbocycles. The highest BCUT2D eigenvalue weighted by molar-refractivity contribution is 7.92. The number of hydrogen-bond acceptors (Lipinski definition) is 5. The van der Waals surface area contributed by atoms with Gasteiger partial charge in [-0.15, -0.1) is 0 Å². The van der Waals surface area contributed by atoms with E-state index in [-0.39, 0.29) is 30.2 Å². The van der Waals surface area contributed by atoms with Crippen LogP contribution < -0.4 is 4.31 Å². The summed E-state index contributed by atoms with van der Waals surface area (Å²) in [5.74, 6) is -0.851. The number of rotatable bonds is 8. The third-order valence-corrected chi connectivity index (χ3v) is 5.66. The van der Waals surface area contributed by atoms with Gasteiger partial charge in [0.15, 0.2) is 5.78 Å². The average molecular weight is 407 g/mol. The van der Waals surface area contributed by atoms with Crippen LogP contribution in [-0.2, 0) is 21.3 Å². The molecule has 152 valence electrons. The van der Waals surface area contributed by atoms with Gasteiger partial charge in [-0.05, 0) is 52.0 Å². The number of aromatic nitrogens is 1. The van der Waals surface area contributed by atoms with E-state index in [1.807, 2.05) is 25.3 Å². The molecule has 8 heteroatoms. The minimum Gasteiger partial charge on any atom is -0.462 e. The third-order valence-electron chi connectivity index (χ3n) is 4.52. The maximum atomic E-state index is 12.9. The fourth-order valence-electron chi connectivity index (χ4n) is 3.19. The zero-order valence-corrected chi connectivity index (χ0v) is 17.7. The number of nitrogens with zero attached hydrogens (tertiary/aromatic N) is 2. The first kappa shape index (κ1) is 21.7. The normalized spacial score (nSPS) is 11.3. The number of aryl methyl sites for hydroxylation is 1. The van der Waals surface area contributed by atoms with Crippen LogP contribution in [-0.4, -0.2) is 44.1 Å². The standard InChI is InChI=1S/C20H26N2O5S/c1-6-21-14(3)11-18(15(21)4)19(23)13-22(28(5,25)26)17-10-8-9-16(12-17)20(24)27-7-2/h8-12H,6-7,13H2,1-5H3. The van der Waals surface area contributed by atoms with Crippen molar-refractivity contribution in [2.24, 2.45) is 0 Å². The van der Waals surface area contributed by atoms with Crippen LogP contribution >= 0.6 is 0 Å². The maximum Gasteiger partial charge on any atom is 0.338 e. The monoisotopic (exact) mass is 406 g/mol. The van der Waals surface area contributed by atoms with Gasteiger partial charge in [0.2, 0.25) is 10.0 Å². The Labute approximate surface area is 166 Å². The summed E-state index contributed by atoms with van der Waals surface area (Å²) in [6.45, 7) is 8.01. The van der Waals surface area contributed by atoms with Gasteiger partial charge in [-0.3, -0.25) is 9.10 Å². The van der Waals surface area contributed by atoms with Crippen LogP contribution in [0.4, 0.5) is 5.69 Å². The van der Waals surface area contributed by atoms with Crippen LogP contribution in [0.3, 0.4) is 0 Å². The quantitative estimate of drug-likeness (QED) is 0.497. The zero-order valence-electron chi connectivity index (χ0n) is 16.9. The molecule has 0 spiro atoms. The highest BCUT2D eigenvalue weighted by atomic mass is 32.2. The lowest BCUT2D eigenvalue weighted by molar-refractivity contribution is 0.0526. The van der Waals surface area contributed by atoms with Gasteiger partial charge in [-0.25, -0.2) is 13.2 Å². The summed E-state index contributed by atoms with van der Waals surface area (Å²) < 4.78 is 32.7. The Morgan fingerprint density at radius 2 is 1.82 bits per heavy atom. The van der Waals surface area contributed by atoms with Crippen molar-refractivity contribution in [3.8, 4) is 0 Å². The lowest BCUT2D eigenvalue weighted by atomic mass is 10.1. The van der Waals surface area contributed by atoms with E-state index in [1.165, 1.54) is 6.07 Å². The summed E-state index contributed by atoms with van der Waals surface area (Å²) in [6.07, 6.45) is 1.03. The van der Waals surface area contributed by atoms with Gasteiger partial charge < -0.3 is 9.30 Å². The number of hydrogen-bond donors (Lipinski definition) is 0. The minimum absolute atomic E-state index is 0.213. The fraction of sp³-hybridized carbons (Fsp3) is 0.400. The van der Waals surface area contributed by atoms with Crippen LogP contribution in [0.25, 0.3) is 0 Å². The molecule has 0 atom stereocenters. The molecule has 2 rings (SSSR count). The molecule has 0 fully saturated rings. The Morgan fingerprint density at radius 3 is 2.36 bits per heavy atom. The number of ether oxygens (including phenoxy) is 1. The first-order valence-corrected chi connectivity index (χ1v) is 10.9. The minimum atomic E-state index is -3.74. The van der Waals surface area contributed by atoms with Gasteiger partial charge in [-0.2, -0.15) is 0 Å². The second-order valence-electron chi connectivity index (χ2n) is 6.49. The first-order chi connectivity index (χ1) is 13.1. The molecule has 7 nitrogen and oxygen atoms in total. The average Bonchev–Trinajstić information content (AvgIpc) is 2.92. The predicted molar refractivity (Wildman–Crippen MR) is 108 cm³/mol. The molecule has 1 aromatic heterocycles. The van der Waals surface area contributed by atoms with Crippen LogP contribution in [0.2, 0.25) is 0 Å². The van der Waals surface area contributed by atoms with Crippen molar-refractivity contribution in [3.63, 3.8) is 0 Å². The van der Waals surface area contributed by atoms with Crippen molar-refractivity contribution in [3.05, 3.63) is 52.8 Å². The van der Waals surface area contributed by atoms with E-state index >= 15 is 0 Å². The highest BCUT2D eigenvalue weighted by Crippen LogP contribution is 2.22. The number of benzene rings is 1. The number of esters is 1. The van der Waals surface area contributed by atoms with Crippen LogP contribution in [0, 0.1) is 13.8 Å². The van der Waals surface area contributed by atoms with Crippen LogP contribution in [0.15, 0.2) is 30.3 Å². The van der Waals surface area contributed by atoms with Crippen molar-refractivity contribution in [2.75, 3.05) is 23.7 Å². The third kappa shape index (κ3) is 4.62. The summed E-state index contributed by atoms with van der Waals surface area (Å²) in [4.78, 5) is 24.9. The molecule has 0 N–H and O–H groups in total. The van der Waals surface area contributed by atoms with Gasteiger partial charge >= 0.3 is 5.97 Å². The molecular weight excluding hydrogens is 380 g/mol. The topological polar surface area (TPSA) is 85.7 Å². The number of ketones is 1. The summed E-state index contributed by atoms with van der Waals surface area (Å²) in [5.41, 5.74) is 2.71. The second kappa shape index (κ2) is 8.60.